The molecule has 1 saturated heterocycles. The molecule has 0 N–H and O–H groups in total. The molecule has 0 aromatic heterocycles. The van der Waals surface area contributed by atoms with Crippen molar-refractivity contribution in [3.05, 3.63) is 0 Å². The predicted octanol–water partition coefficient (Wildman–Crippen LogP) is 4.73. The summed E-state index contributed by atoms with van der Waals surface area (Å²) in [5.74, 6) is 0. The van der Waals surface area contributed by atoms with Crippen LogP contribution in [0, 0.1) is 10.8 Å². The Kier molecular flexibility index (Phi) is 6.31. The molecule has 0 radical (unpaired) electrons. The topological polar surface area (TPSA) is 18.5 Å². The van der Waals surface area contributed by atoms with Crippen LogP contribution in [0.15, 0.2) is 0 Å². The van der Waals surface area contributed by atoms with E-state index < -0.39 is 18.4 Å². The minimum atomic E-state index is -0.658. The van der Waals surface area contributed by atoms with Gasteiger partial charge >= 0.3 is 122 Å². The summed E-state index contributed by atoms with van der Waals surface area (Å²) in [6, 6.07) is 0. The Labute approximate surface area is 122 Å². The molecule has 0 amide bonds. The first-order valence-corrected chi connectivity index (χ1v) is 9.34. The van der Waals surface area contributed by atoms with Crippen LogP contribution in [-0.2, 0) is 25.4 Å². The van der Waals surface area contributed by atoms with E-state index in [1.807, 2.05) is 0 Å². The van der Waals surface area contributed by atoms with Crippen LogP contribution in [0.3, 0.4) is 0 Å². The number of rotatable bonds is 6. The van der Waals surface area contributed by atoms with Crippen LogP contribution in [0.5, 0.6) is 0 Å². The summed E-state index contributed by atoms with van der Waals surface area (Å²) in [5, 5.41) is 0. The molecule has 2 unspecified atom stereocenters. The van der Waals surface area contributed by atoms with Crippen LogP contribution in [0.2, 0.25) is 0 Å². The SMILES string of the molecule is CCC(C)(CC)C1CC(C(C)(CC)CC)[O][Ir][O]1. The standard InChI is InChI=1S/C15H30O2.Ir/c1-7-14(5,8-2)12(16)11-13(17)15(6,9-3)10-4;/h12-13H,7-11H2,1-6H3;/q-2;+2. The van der Waals surface area contributed by atoms with Gasteiger partial charge < -0.3 is 0 Å². The molecule has 111 valence electrons. The third-order valence-electron chi connectivity index (χ3n) is 5.47. The molecule has 0 aliphatic carbocycles. The predicted molar refractivity (Wildman–Crippen MR) is 71.7 cm³/mol. The van der Waals surface area contributed by atoms with Crippen LogP contribution < -0.4 is 0 Å². The maximum absolute atomic E-state index is 6.04. The first-order valence-electron chi connectivity index (χ1n) is 7.38. The first kappa shape index (κ1) is 16.6. The van der Waals surface area contributed by atoms with Crippen LogP contribution in [0.25, 0.3) is 0 Å². The van der Waals surface area contributed by atoms with E-state index in [0.29, 0.717) is 23.0 Å². The van der Waals surface area contributed by atoms with Crippen molar-refractivity contribution in [3.8, 4) is 0 Å². The summed E-state index contributed by atoms with van der Waals surface area (Å²) in [4.78, 5) is 0. The van der Waals surface area contributed by atoms with Gasteiger partial charge in [-0.15, -0.1) is 0 Å². The van der Waals surface area contributed by atoms with Crippen molar-refractivity contribution in [2.24, 2.45) is 10.8 Å². The summed E-state index contributed by atoms with van der Waals surface area (Å²) in [5.41, 5.74) is 0.655. The Hall–Kier alpha value is 0.569. The van der Waals surface area contributed by atoms with Gasteiger partial charge in [0.25, 0.3) is 0 Å². The Bertz CT molecular complexity index is 223. The van der Waals surface area contributed by atoms with E-state index in [2.05, 4.69) is 41.5 Å². The zero-order chi connectivity index (χ0) is 13.8. The molecule has 0 aromatic carbocycles. The van der Waals surface area contributed by atoms with Crippen LogP contribution >= 0.6 is 0 Å². The molecule has 18 heavy (non-hydrogen) atoms. The third-order valence-corrected chi connectivity index (χ3v) is 7.29. The molecule has 1 rings (SSSR count). The Balaban J connectivity index is 2.78. The van der Waals surface area contributed by atoms with E-state index in [1.54, 1.807) is 0 Å². The monoisotopic (exact) mass is 435 g/mol. The van der Waals surface area contributed by atoms with Crippen LogP contribution in [0.4, 0.5) is 0 Å². The first-order chi connectivity index (χ1) is 8.45. The number of hydrogen-bond donors (Lipinski definition) is 0. The molecular weight excluding hydrogens is 404 g/mol. The van der Waals surface area contributed by atoms with E-state index in [0.717, 1.165) is 6.42 Å². The average molecular weight is 435 g/mol. The third kappa shape index (κ3) is 3.36. The van der Waals surface area contributed by atoms with Gasteiger partial charge in [-0.2, -0.15) is 0 Å². The van der Waals surface area contributed by atoms with Gasteiger partial charge in [0.05, 0.1) is 0 Å². The van der Waals surface area contributed by atoms with E-state index >= 15 is 0 Å². The van der Waals surface area contributed by atoms with Crippen molar-refractivity contribution < 1.29 is 25.4 Å². The molecule has 3 heteroatoms. The Morgan fingerprint density at radius 2 is 1.17 bits per heavy atom. The maximum atomic E-state index is 6.04. The second-order valence-electron chi connectivity index (χ2n) is 6.15. The Morgan fingerprint density at radius 1 is 0.833 bits per heavy atom. The van der Waals surface area contributed by atoms with Crippen molar-refractivity contribution in [3.63, 3.8) is 0 Å². The fourth-order valence-corrected chi connectivity index (χ4v) is 5.04. The summed E-state index contributed by atoms with van der Waals surface area (Å²) in [6.07, 6.45) is 6.68. The van der Waals surface area contributed by atoms with Gasteiger partial charge in [0.15, 0.2) is 0 Å². The molecule has 0 aromatic rings. The second-order valence-corrected chi connectivity index (χ2v) is 7.68. The van der Waals surface area contributed by atoms with Crippen molar-refractivity contribution in [2.75, 3.05) is 0 Å². The summed E-state index contributed by atoms with van der Waals surface area (Å²) >= 11 is -0.658. The number of hydrogen-bond acceptors (Lipinski definition) is 2. The van der Waals surface area contributed by atoms with Crippen LogP contribution in [0.1, 0.15) is 73.6 Å². The molecule has 1 heterocycles. The van der Waals surface area contributed by atoms with E-state index in [9.17, 15) is 0 Å². The fourth-order valence-electron chi connectivity index (χ4n) is 2.52. The summed E-state index contributed by atoms with van der Waals surface area (Å²) in [7, 11) is 0. The normalized spacial score (nSPS) is 26.8. The van der Waals surface area contributed by atoms with Gasteiger partial charge in [0, 0.05) is 0 Å². The zero-order valence-electron chi connectivity index (χ0n) is 12.8. The minimum absolute atomic E-state index is 0.327. The van der Waals surface area contributed by atoms with Gasteiger partial charge in [0.1, 0.15) is 0 Å². The van der Waals surface area contributed by atoms with E-state index in [4.69, 9.17) is 6.99 Å². The molecule has 0 bridgehead atoms. The molecule has 1 aliphatic rings. The van der Waals surface area contributed by atoms with Crippen molar-refractivity contribution >= 4 is 0 Å². The second kappa shape index (κ2) is 6.83. The van der Waals surface area contributed by atoms with Gasteiger partial charge in [-0.1, -0.05) is 0 Å². The quantitative estimate of drug-likeness (QED) is 0.602. The van der Waals surface area contributed by atoms with Gasteiger partial charge in [0.2, 0.25) is 0 Å². The Morgan fingerprint density at radius 3 is 1.44 bits per heavy atom. The molecular formula is C15H30IrO2. The van der Waals surface area contributed by atoms with Crippen molar-refractivity contribution in [1.82, 2.24) is 0 Å². The fraction of sp³-hybridized carbons (Fsp3) is 1.00. The van der Waals surface area contributed by atoms with Crippen LogP contribution in [-0.4, -0.2) is 12.2 Å². The van der Waals surface area contributed by atoms with E-state index in [1.165, 1.54) is 25.7 Å². The molecule has 1 fully saturated rings. The molecule has 1 aliphatic heterocycles. The molecule has 2 nitrogen and oxygen atoms in total. The summed E-state index contributed by atoms with van der Waals surface area (Å²) < 4.78 is 12.1. The van der Waals surface area contributed by atoms with E-state index in [-0.39, 0.29) is 0 Å². The molecule has 0 spiro atoms. The van der Waals surface area contributed by atoms with Gasteiger partial charge in [-0.3, -0.25) is 0 Å². The summed E-state index contributed by atoms with van der Waals surface area (Å²) in [6.45, 7) is 13.9. The van der Waals surface area contributed by atoms with Gasteiger partial charge in [-0.25, -0.2) is 0 Å². The molecule has 2 atom stereocenters. The average Bonchev–Trinajstić information content (AvgIpc) is 2.45. The molecule has 0 saturated carbocycles. The van der Waals surface area contributed by atoms with Gasteiger partial charge in [-0.05, 0) is 0 Å². The zero-order valence-corrected chi connectivity index (χ0v) is 15.2. The van der Waals surface area contributed by atoms with Crippen molar-refractivity contribution in [1.29, 1.82) is 0 Å². The van der Waals surface area contributed by atoms with Crippen molar-refractivity contribution in [2.45, 2.75) is 85.9 Å².